The summed E-state index contributed by atoms with van der Waals surface area (Å²) in [6.45, 7) is -0.0239. The van der Waals surface area contributed by atoms with Crippen molar-refractivity contribution in [3.05, 3.63) is 35.9 Å². The van der Waals surface area contributed by atoms with Crippen LogP contribution in [-0.4, -0.2) is 35.1 Å². The summed E-state index contributed by atoms with van der Waals surface area (Å²) in [5.41, 5.74) is 0.458. The highest BCUT2D eigenvalue weighted by Crippen LogP contribution is 2.00. The molecular weight excluding hydrogens is 196 g/mol. The Bertz CT molecular complexity index is 349. The number of amides is 1. The molecule has 0 aliphatic rings. The van der Waals surface area contributed by atoms with Crippen LogP contribution in [0.3, 0.4) is 0 Å². The van der Waals surface area contributed by atoms with E-state index in [-0.39, 0.29) is 18.9 Å². The second-order valence-electron chi connectivity index (χ2n) is 2.79. The van der Waals surface area contributed by atoms with E-state index in [2.05, 4.69) is 10.5 Å². The molecule has 5 heteroatoms. The highest BCUT2D eigenvalue weighted by atomic mass is 16.4. The molecular formula is C10H12N2O3. The Kier molecular flexibility index (Phi) is 4.30. The molecule has 0 heterocycles. The fraction of sp³-hybridized carbons (Fsp3) is 0.200. The zero-order valence-electron chi connectivity index (χ0n) is 8.05. The summed E-state index contributed by atoms with van der Waals surface area (Å²) >= 11 is 0. The van der Waals surface area contributed by atoms with E-state index < -0.39 is 5.91 Å². The predicted molar refractivity (Wildman–Crippen MR) is 54.9 cm³/mol. The van der Waals surface area contributed by atoms with E-state index in [1.54, 1.807) is 30.3 Å². The van der Waals surface area contributed by atoms with Crippen molar-refractivity contribution in [2.24, 2.45) is 5.16 Å². The third kappa shape index (κ3) is 3.07. The third-order valence-electron chi connectivity index (χ3n) is 1.76. The van der Waals surface area contributed by atoms with Gasteiger partial charge in [-0.3, -0.25) is 4.79 Å². The number of nitrogens with zero attached hydrogens (tertiary/aromatic N) is 1. The Balaban J connectivity index is 2.78. The molecule has 0 radical (unpaired) electrons. The topological polar surface area (TPSA) is 81.9 Å². The number of hydrogen-bond donors (Lipinski definition) is 3. The summed E-state index contributed by atoms with van der Waals surface area (Å²) in [7, 11) is 0. The standard InChI is InChI=1S/C10H12N2O3/c13-7-6-11-10(14)9(12-15)8-4-2-1-3-5-8/h1-5,13,15H,6-7H2,(H,11,14)/b12-9+. The lowest BCUT2D eigenvalue weighted by Crippen LogP contribution is -2.33. The van der Waals surface area contributed by atoms with Gasteiger partial charge in [0.1, 0.15) is 0 Å². The molecule has 0 fully saturated rings. The minimum Gasteiger partial charge on any atom is -0.410 e. The molecule has 0 atom stereocenters. The van der Waals surface area contributed by atoms with Crippen LogP contribution in [0.25, 0.3) is 0 Å². The molecule has 15 heavy (non-hydrogen) atoms. The van der Waals surface area contributed by atoms with E-state index >= 15 is 0 Å². The molecule has 0 aromatic heterocycles. The van der Waals surface area contributed by atoms with Gasteiger partial charge in [-0.2, -0.15) is 0 Å². The average Bonchev–Trinajstić information content (AvgIpc) is 2.29. The third-order valence-corrected chi connectivity index (χ3v) is 1.76. The SMILES string of the molecule is O=C(NCCO)/C(=N/O)c1ccccc1. The van der Waals surface area contributed by atoms with Gasteiger partial charge in [-0.25, -0.2) is 0 Å². The van der Waals surface area contributed by atoms with Crippen molar-refractivity contribution in [2.75, 3.05) is 13.2 Å². The van der Waals surface area contributed by atoms with Crippen LogP contribution in [0.2, 0.25) is 0 Å². The lowest BCUT2D eigenvalue weighted by atomic mass is 10.1. The summed E-state index contributed by atoms with van der Waals surface area (Å²) < 4.78 is 0. The van der Waals surface area contributed by atoms with E-state index in [0.29, 0.717) is 5.56 Å². The molecule has 0 spiro atoms. The molecule has 5 nitrogen and oxygen atoms in total. The maximum atomic E-state index is 11.4. The predicted octanol–water partition coefficient (Wildman–Crippen LogP) is -0.0266. The minimum absolute atomic E-state index is 0.0657. The van der Waals surface area contributed by atoms with E-state index in [1.165, 1.54) is 0 Å². The van der Waals surface area contributed by atoms with Gasteiger partial charge < -0.3 is 15.6 Å². The fourth-order valence-electron chi connectivity index (χ4n) is 1.08. The number of rotatable bonds is 4. The first-order valence-corrected chi connectivity index (χ1v) is 4.46. The lowest BCUT2D eigenvalue weighted by molar-refractivity contribution is -0.115. The first-order chi connectivity index (χ1) is 7.29. The molecule has 0 saturated heterocycles. The molecule has 1 aromatic carbocycles. The number of aliphatic hydroxyl groups is 1. The van der Waals surface area contributed by atoms with Gasteiger partial charge in [0.2, 0.25) is 0 Å². The van der Waals surface area contributed by atoms with Crippen molar-refractivity contribution in [3.63, 3.8) is 0 Å². The summed E-state index contributed by atoms with van der Waals surface area (Å²) in [6.07, 6.45) is 0. The number of carbonyl (C=O) groups excluding carboxylic acids is 1. The van der Waals surface area contributed by atoms with Crippen LogP contribution in [0.5, 0.6) is 0 Å². The summed E-state index contributed by atoms with van der Waals surface area (Å²) in [5, 5.41) is 22.6. The summed E-state index contributed by atoms with van der Waals surface area (Å²) in [6, 6.07) is 8.59. The Morgan fingerprint density at radius 1 is 1.33 bits per heavy atom. The number of benzene rings is 1. The molecule has 0 aliphatic heterocycles. The Morgan fingerprint density at radius 3 is 2.53 bits per heavy atom. The zero-order valence-corrected chi connectivity index (χ0v) is 8.05. The maximum Gasteiger partial charge on any atom is 0.274 e. The van der Waals surface area contributed by atoms with Crippen molar-refractivity contribution in [2.45, 2.75) is 0 Å². The van der Waals surface area contributed by atoms with Gasteiger partial charge >= 0.3 is 0 Å². The monoisotopic (exact) mass is 208 g/mol. The number of nitrogens with one attached hydrogen (secondary N) is 1. The van der Waals surface area contributed by atoms with Crippen molar-refractivity contribution in [3.8, 4) is 0 Å². The Labute approximate surface area is 87.0 Å². The van der Waals surface area contributed by atoms with Crippen LogP contribution in [0, 0.1) is 0 Å². The second kappa shape index (κ2) is 5.77. The van der Waals surface area contributed by atoms with Gasteiger partial charge in [0.15, 0.2) is 5.71 Å². The first kappa shape index (κ1) is 11.2. The zero-order chi connectivity index (χ0) is 11.1. The van der Waals surface area contributed by atoms with Crippen molar-refractivity contribution in [1.29, 1.82) is 0 Å². The molecule has 0 aliphatic carbocycles. The van der Waals surface area contributed by atoms with Crippen LogP contribution in [0.1, 0.15) is 5.56 Å². The van der Waals surface area contributed by atoms with Crippen LogP contribution in [-0.2, 0) is 4.79 Å². The molecule has 0 saturated carbocycles. The fourth-order valence-corrected chi connectivity index (χ4v) is 1.08. The molecule has 3 N–H and O–H groups in total. The average molecular weight is 208 g/mol. The van der Waals surface area contributed by atoms with E-state index in [1.807, 2.05) is 0 Å². The molecule has 0 unspecified atom stereocenters. The maximum absolute atomic E-state index is 11.4. The van der Waals surface area contributed by atoms with Gasteiger partial charge in [0, 0.05) is 12.1 Å². The Hall–Kier alpha value is -1.88. The smallest absolute Gasteiger partial charge is 0.274 e. The van der Waals surface area contributed by atoms with Crippen LogP contribution < -0.4 is 5.32 Å². The number of hydrogen-bond acceptors (Lipinski definition) is 4. The highest BCUT2D eigenvalue weighted by molar-refractivity contribution is 6.45. The molecule has 80 valence electrons. The summed E-state index contributed by atoms with van der Waals surface area (Å²) in [4.78, 5) is 11.4. The molecule has 1 aromatic rings. The Morgan fingerprint density at radius 2 is 2.00 bits per heavy atom. The summed E-state index contributed by atoms with van der Waals surface area (Å²) in [5.74, 6) is -0.516. The largest absolute Gasteiger partial charge is 0.410 e. The van der Waals surface area contributed by atoms with Gasteiger partial charge in [0.25, 0.3) is 5.91 Å². The number of oxime groups is 1. The first-order valence-electron chi connectivity index (χ1n) is 4.46. The van der Waals surface area contributed by atoms with Crippen LogP contribution >= 0.6 is 0 Å². The van der Waals surface area contributed by atoms with Crippen molar-refractivity contribution < 1.29 is 15.1 Å². The van der Waals surface area contributed by atoms with E-state index in [4.69, 9.17) is 10.3 Å². The minimum atomic E-state index is -0.516. The van der Waals surface area contributed by atoms with Crippen molar-refractivity contribution >= 4 is 11.6 Å². The molecule has 1 rings (SSSR count). The van der Waals surface area contributed by atoms with Gasteiger partial charge in [-0.15, -0.1) is 0 Å². The highest BCUT2D eigenvalue weighted by Gasteiger charge is 2.13. The van der Waals surface area contributed by atoms with Crippen LogP contribution in [0.4, 0.5) is 0 Å². The number of carbonyl (C=O) groups is 1. The van der Waals surface area contributed by atoms with E-state index in [0.717, 1.165) is 0 Å². The van der Waals surface area contributed by atoms with Gasteiger partial charge in [-0.05, 0) is 0 Å². The quantitative estimate of drug-likeness (QED) is 0.369. The van der Waals surface area contributed by atoms with E-state index in [9.17, 15) is 4.79 Å². The lowest BCUT2D eigenvalue weighted by Gasteiger charge is -2.04. The van der Waals surface area contributed by atoms with Crippen molar-refractivity contribution in [1.82, 2.24) is 5.32 Å². The van der Waals surface area contributed by atoms with Gasteiger partial charge in [0.05, 0.1) is 6.61 Å². The number of aliphatic hydroxyl groups excluding tert-OH is 1. The second-order valence-corrected chi connectivity index (χ2v) is 2.79. The van der Waals surface area contributed by atoms with Crippen LogP contribution in [0.15, 0.2) is 35.5 Å². The molecule has 1 amide bonds. The normalized spacial score (nSPS) is 11.1. The van der Waals surface area contributed by atoms with Gasteiger partial charge in [-0.1, -0.05) is 35.5 Å². The molecule has 0 bridgehead atoms.